The predicted octanol–water partition coefficient (Wildman–Crippen LogP) is 2.96. The maximum absolute atomic E-state index is 12.8. The van der Waals surface area contributed by atoms with Crippen molar-refractivity contribution in [1.82, 2.24) is 10.2 Å². The molecule has 1 N–H and O–H groups in total. The zero-order valence-corrected chi connectivity index (χ0v) is 11.3. The van der Waals surface area contributed by atoms with E-state index in [2.05, 4.69) is 24.1 Å². The van der Waals surface area contributed by atoms with Gasteiger partial charge >= 0.3 is 0 Å². The van der Waals surface area contributed by atoms with Gasteiger partial charge in [0, 0.05) is 18.6 Å². The summed E-state index contributed by atoms with van der Waals surface area (Å²) in [5, 5.41) is 3.53. The fourth-order valence-electron chi connectivity index (χ4n) is 2.53. The standard InChI is InChI=1S/C15H23FN2/c1-12(18-9-3-4-10-18)11-17-13(2)14-5-7-15(16)8-6-14/h5-8,12-13,17H,3-4,9-11H2,1-2H3. The van der Waals surface area contributed by atoms with Crippen LogP contribution in [0.15, 0.2) is 24.3 Å². The molecule has 1 aliphatic heterocycles. The Labute approximate surface area is 109 Å². The van der Waals surface area contributed by atoms with Crippen LogP contribution in [0, 0.1) is 5.82 Å². The SMILES string of the molecule is CC(NCC(C)N1CCCC1)c1ccc(F)cc1. The van der Waals surface area contributed by atoms with Crippen molar-refractivity contribution in [3.8, 4) is 0 Å². The van der Waals surface area contributed by atoms with E-state index in [0.717, 1.165) is 12.1 Å². The Morgan fingerprint density at radius 3 is 2.39 bits per heavy atom. The highest BCUT2D eigenvalue weighted by atomic mass is 19.1. The molecule has 100 valence electrons. The zero-order valence-electron chi connectivity index (χ0n) is 11.3. The Balaban J connectivity index is 1.80. The van der Waals surface area contributed by atoms with Gasteiger partial charge in [-0.2, -0.15) is 0 Å². The average molecular weight is 250 g/mol. The third-order valence-corrected chi connectivity index (χ3v) is 3.85. The maximum atomic E-state index is 12.8. The minimum Gasteiger partial charge on any atom is -0.309 e. The lowest BCUT2D eigenvalue weighted by atomic mass is 10.1. The quantitative estimate of drug-likeness (QED) is 0.864. The van der Waals surface area contributed by atoms with E-state index >= 15 is 0 Å². The lowest BCUT2D eigenvalue weighted by Gasteiger charge is -2.26. The number of hydrogen-bond donors (Lipinski definition) is 1. The van der Waals surface area contributed by atoms with Gasteiger partial charge in [0.05, 0.1) is 0 Å². The van der Waals surface area contributed by atoms with Gasteiger partial charge in [-0.3, -0.25) is 4.90 Å². The van der Waals surface area contributed by atoms with E-state index in [-0.39, 0.29) is 11.9 Å². The first-order valence-corrected chi connectivity index (χ1v) is 6.89. The molecule has 1 aliphatic rings. The smallest absolute Gasteiger partial charge is 0.123 e. The number of rotatable bonds is 5. The van der Waals surface area contributed by atoms with Gasteiger partial charge in [-0.25, -0.2) is 4.39 Å². The number of halogens is 1. The maximum Gasteiger partial charge on any atom is 0.123 e. The Morgan fingerprint density at radius 1 is 1.17 bits per heavy atom. The first-order chi connectivity index (χ1) is 8.66. The minimum absolute atomic E-state index is 0.170. The van der Waals surface area contributed by atoms with Gasteiger partial charge in [-0.15, -0.1) is 0 Å². The molecule has 0 amide bonds. The highest BCUT2D eigenvalue weighted by Crippen LogP contribution is 2.14. The van der Waals surface area contributed by atoms with Crippen LogP contribution in [-0.4, -0.2) is 30.6 Å². The fraction of sp³-hybridized carbons (Fsp3) is 0.600. The van der Waals surface area contributed by atoms with Crippen molar-refractivity contribution in [2.45, 2.75) is 38.8 Å². The van der Waals surface area contributed by atoms with Crippen molar-refractivity contribution in [2.75, 3.05) is 19.6 Å². The molecule has 18 heavy (non-hydrogen) atoms. The van der Waals surface area contributed by atoms with Crippen LogP contribution >= 0.6 is 0 Å². The summed E-state index contributed by atoms with van der Waals surface area (Å²) < 4.78 is 12.8. The second-order valence-electron chi connectivity index (χ2n) is 5.27. The molecular formula is C15H23FN2. The molecule has 2 atom stereocenters. The molecule has 0 spiro atoms. The Kier molecular flexibility index (Phi) is 4.72. The first-order valence-electron chi connectivity index (χ1n) is 6.89. The van der Waals surface area contributed by atoms with E-state index in [1.807, 2.05) is 12.1 Å². The van der Waals surface area contributed by atoms with Crippen molar-refractivity contribution in [3.63, 3.8) is 0 Å². The summed E-state index contributed by atoms with van der Waals surface area (Å²) in [6, 6.07) is 7.61. The normalized spacial score (nSPS) is 19.9. The molecule has 0 radical (unpaired) electrons. The van der Waals surface area contributed by atoms with Crippen LogP contribution in [0.3, 0.4) is 0 Å². The van der Waals surface area contributed by atoms with Crippen LogP contribution < -0.4 is 5.32 Å². The molecule has 1 fully saturated rings. The molecule has 1 heterocycles. The zero-order chi connectivity index (χ0) is 13.0. The second-order valence-corrected chi connectivity index (χ2v) is 5.27. The summed E-state index contributed by atoms with van der Waals surface area (Å²) in [5.41, 5.74) is 1.14. The third-order valence-electron chi connectivity index (χ3n) is 3.85. The highest BCUT2D eigenvalue weighted by Gasteiger charge is 2.18. The van der Waals surface area contributed by atoms with Crippen molar-refractivity contribution in [1.29, 1.82) is 0 Å². The highest BCUT2D eigenvalue weighted by molar-refractivity contribution is 5.19. The molecule has 0 bridgehead atoms. The Morgan fingerprint density at radius 2 is 1.78 bits per heavy atom. The van der Waals surface area contributed by atoms with Gasteiger partial charge in [0.15, 0.2) is 0 Å². The van der Waals surface area contributed by atoms with Crippen molar-refractivity contribution in [3.05, 3.63) is 35.6 Å². The lowest BCUT2D eigenvalue weighted by molar-refractivity contribution is 0.247. The van der Waals surface area contributed by atoms with E-state index in [4.69, 9.17) is 0 Å². The molecule has 2 nitrogen and oxygen atoms in total. The number of hydrogen-bond acceptors (Lipinski definition) is 2. The van der Waals surface area contributed by atoms with Crippen LogP contribution in [0.2, 0.25) is 0 Å². The molecule has 1 aromatic carbocycles. The largest absolute Gasteiger partial charge is 0.309 e. The van der Waals surface area contributed by atoms with Crippen molar-refractivity contribution >= 4 is 0 Å². The Hall–Kier alpha value is -0.930. The van der Waals surface area contributed by atoms with E-state index < -0.39 is 0 Å². The number of nitrogens with zero attached hydrogens (tertiary/aromatic N) is 1. The molecule has 0 aromatic heterocycles. The minimum atomic E-state index is -0.170. The van der Waals surface area contributed by atoms with E-state index in [9.17, 15) is 4.39 Å². The fourth-order valence-corrected chi connectivity index (χ4v) is 2.53. The topological polar surface area (TPSA) is 15.3 Å². The van der Waals surface area contributed by atoms with Crippen LogP contribution in [-0.2, 0) is 0 Å². The summed E-state index contributed by atoms with van der Waals surface area (Å²) in [7, 11) is 0. The molecular weight excluding hydrogens is 227 g/mol. The molecule has 1 saturated heterocycles. The van der Waals surface area contributed by atoms with Gasteiger partial charge in [0.1, 0.15) is 5.82 Å². The summed E-state index contributed by atoms with van der Waals surface area (Å²) in [6.07, 6.45) is 2.66. The number of likely N-dealkylation sites (tertiary alicyclic amines) is 1. The molecule has 0 aliphatic carbocycles. The van der Waals surface area contributed by atoms with Gasteiger partial charge < -0.3 is 5.32 Å². The van der Waals surface area contributed by atoms with Gasteiger partial charge in [0.2, 0.25) is 0 Å². The lowest BCUT2D eigenvalue weighted by Crippen LogP contribution is -2.39. The van der Waals surface area contributed by atoms with Gasteiger partial charge in [-0.1, -0.05) is 12.1 Å². The molecule has 3 heteroatoms. The number of benzene rings is 1. The third kappa shape index (κ3) is 3.53. The van der Waals surface area contributed by atoms with Gasteiger partial charge in [0.25, 0.3) is 0 Å². The number of nitrogens with one attached hydrogen (secondary N) is 1. The van der Waals surface area contributed by atoms with Gasteiger partial charge in [-0.05, 0) is 57.5 Å². The molecule has 2 unspecified atom stereocenters. The molecule has 2 rings (SSSR count). The monoisotopic (exact) mass is 250 g/mol. The van der Waals surface area contributed by atoms with E-state index in [1.54, 1.807) is 0 Å². The van der Waals surface area contributed by atoms with Crippen LogP contribution in [0.4, 0.5) is 4.39 Å². The first kappa shape index (κ1) is 13.5. The van der Waals surface area contributed by atoms with Crippen LogP contribution in [0.1, 0.15) is 38.3 Å². The average Bonchev–Trinajstić information content (AvgIpc) is 2.90. The molecule has 0 saturated carbocycles. The van der Waals surface area contributed by atoms with E-state index in [1.165, 1.54) is 38.1 Å². The van der Waals surface area contributed by atoms with Crippen LogP contribution in [0.25, 0.3) is 0 Å². The summed E-state index contributed by atoms with van der Waals surface area (Å²) in [6.45, 7) is 7.85. The summed E-state index contributed by atoms with van der Waals surface area (Å²) >= 11 is 0. The second kappa shape index (κ2) is 6.30. The van der Waals surface area contributed by atoms with Crippen molar-refractivity contribution in [2.24, 2.45) is 0 Å². The Bertz CT molecular complexity index is 357. The van der Waals surface area contributed by atoms with Crippen molar-refractivity contribution < 1.29 is 4.39 Å². The summed E-state index contributed by atoms with van der Waals surface area (Å²) in [5.74, 6) is -0.170. The summed E-state index contributed by atoms with van der Waals surface area (Å²) in [4.78, 5) is 2.53. The van der Waals surface area contributed by atoms with E-state index in [0.29, 0.717) is 6.04 Å². The molecule has 1 aromatic rings. The van der Waals surface area contributed by atoms with Crippen LogP contribution in [0.5, 0.6) is 0 Å². The predicted molar refractivity (Wildman–Crippen MR) is 73.1 cm³/mol.